The molecule has 0 radical (unpaired) electrons. The van der Waals surface area contributed by atoms with Gasteiger partial charge in [-0.05, 0) is 45.9 Å². The summed E-state index contributed by atoms with van der Waals surface area (Å²) in [6, 6.07) is 1.28. The molecule has 0 aromatic heterocycles. The third-order valence-corrected chi connectivity index (χ3v) is 4.41. The molecule has 4 nitrogen and oxygen atoms in total. The Morgan fingerprint density at radius 3 is 2.67 bits per heavy atom. The van der Waals surface area contributed by atoms with Crippen molar-refractivity contribution in [1.82, 2.24) is 15.1 Å². The second-order valence-corrected chi connectivity index (χ2v) is 5.74. The Hall–Kier alpha value is -0.160. The molecule has 0 aliphatic carbocycles. The number of likely N-dealkylation sites (tertiary alicyclic amines) is 2. The highest BCUT2D eigenvalue weighted by molar-refractivity contribution is 4.86. The second-order valence-electron chi connectivity index (χ2n) is 5.74. The summed E-state index contributed by atoms with van der Waals surface area (Å²) >= 11 is 0. The van der Waals surface area contributed by atoms with Crippen LogP contribution in [0.3, 0.4) is 0 Å². The third-order valence-electron chi connectivity index (χ3n) is 4.41. The average molecular weight is 255 g/mol. The second kappa shape index (κ2) is 7.43. The highest BCUT2D eigenvalue weighted by atomic mass is 16.5. The van der Waals surface area contributed by atoms with Gasteiger partial charge in [-0.15, -0.1) is 0 Å². The molecule has 2 fully saturated rings. The lowest BCUT2D eigenvalue weighted by Crippen LogP contribution is -2.44. The lowest BCUT2D eigenvalue weighted by atomic mass is 10.1. The number of rotatable bonds is 6. The van der Waals surface area contributed by atoms with E-state index in [-0.39, 0.29) is 0 Å². The molecule has 106 valence electrons. The zero-order valence-corrected chi connectivity index (χ0v) is 12.0. The molecule has 4 heteroatoms. The largest absolute Gasteiger partial charge is 0.383 e. The Morgan fingerprint density at radius 2 is 2.00 bits per heavy atom. The summed E-state index contributed by atoms with van der Waals surface area (Å²) in [5.74, 6) is 0. The van der Waals surface area contributed by atoms with Crippen molar-refractivity contribution in [2.75, 3.05) is 53.5 Å². The summed E-state index contributed by atoms with van der Waals surface area (Å²) in [7, 11) is 3.81. The van der Waals surface area contributed by atoms with Gasteiger partial charge in [-0.25, -0.2) is 0 Å². The van der Waals surface area contributed by atoms with E-state index in [1.807, 2.05) is 7.05 Å². The van der Waals surface area contributed by atoms with E-state index >= 15 is 0 Å². The predicted octanol–water partition coefficient (Wildman–Crippen LogP) is 0.781. The maximum absolute atomic E-state index is 5.25. The van der Waals surface area contributed by atoms with Crippen molar-refractivity contribution < 1.29 is 4.74 Å². The zero-order valence-electron chi connectivity index (χ0n) is 12.0. The van der Waals surface area contributed by atoms with Crippen LogP contribution in [0.5, 0.6) is 0 Å². The van der Waals surface area contributed by atoms with Gasteiger partial charge in [-0.3, -0.25) is 4.90 Å². The fraction of sp³-hybridized carbons (Fsp3) is 1.00. The van der Waals surface area contributed by atoms with Crippen molar-refractivity contribution in [3.63, 3.8) is 0 Å². The lowest BCUT2D eigenvalue weighted by molar-refractivity contribution is 0.137. The summed E-state index contributed by atoms with van der Waals surface area (Å²) in [5.41, 5.74) is 0. The molecular weight excluding hydrogens is 226 g/mol. The van der Waals surface area contributed by atoms with Crippen LogP contribution in [0.15, 0.2) is 0 Å². The maximum atomic E-state index is 5.25. The third kappa shape index (κ3) is 3.92. The van der Waals surface area contributed by atoms with E-state index in [2.05, 4.69) is 15.1 Å². The van der Waals surface area contributed by atoms with Crippen LogP contribution in [0.25, 0.3) is 0 Å². The minimum Gasteiger partial charge on any atom is -0.383 e. The Morgan fingerprint density at radius 1 is 1.22 bits per heavy atom. The molecule has 0 amide bonds. The molecule has 0 spiro atoms. The number of nitrogens with zero attached hydrogens (tertiary/aromatic N) is 2. The van der Waals surface area contributed by atoms with Crippen LogP contribution in [0, 0.1) is 0 Å². The number of piperidine rings is 1. The summed E-state index contributed by atoms with van der Waals surface area (Å²) in [5, 5.41) is 3.34. The Balaban J connectivity index is 1.73. The standard InChI is InChI=1S/C14H29N3O/c1-15-13(12-18-2)10-16-9-6-14(11-16)17-7-4-3-5-8-17/h13-15H,3-12H2,1-2H3. The van der Waals surface area contributed by atoms with Crippen molar-refractivity contribution in [3.8, 4) is 0 Å². The molecule has 0 bridgehead atoms. The first-order valence-corrected chi connectivity index (χ1v) is 7.46. The Labute approximate surface area is 112 Å². The van der Waals surface area contributed by atoms with Crippen molar-refractivity contribution in [3.05, 3.63) is 0 Å². The van der Waals surface area contributed by atoms with Gasteiger partial charge in [-0.1, -0.05) is 6.42 Å². The van der Waals surface area contributed by atoms with Gasteiger partial charge < -0.3 is 15.0 Å². The minimum atomic E-state index is 0.468. The summed E-state index contributed by atoms with van der Waals surface area (Å²) in [6.45, 7) is 7.08. The van der Waals surface area contributed by atoms with Crippen LogP contribution in [-0.4, -0.2) is 75.4 Å². The maximum Gasteiger partial charge on any atom is 0.0628 e. The van der Waals surface area contributed by atoms with Crippen LogP contribution in [0.2, 0.25) is 0 Å². The van der Waals surface area contributed by atoms with Crippen molar-refractivity contribution >= 4 is 0 Å². The molecular formula is C14H29N3O. The first-order valence-electron chi connectivity index (χ1n) is 7.46. The molecule has 2 unspecified atom stereocenters. The van der Waals surface area contributed by atoms with Gasteiger partial charge in [0.05, 0.1) is 6.61 Å². The average Bonchev–Trinajstić information content (AvgIpc) is 2.88. The van der Waals surface area contributed by atoms with Crippen molar-refractivity contribution in [2.45, 2.75) is 37.8 Å². The topological polar surface area (TPSA) is 27.7 Å². The van der Waals surface area contributed by atoms with Gasteiger partial charge in [0.25, 0.3) is 0 Å². The number of methoxy groups -OCH3 is 1. The van der Waals surface area contributed by atoms with Gasteiger partial charge in [0.15, 0.2) is 0 Å². The van der Waals surface area contributed by atoms with Gasteiger partial charge in [0.1, 0.15) is 0 Å². The Kier molecular flexibility index (Phi) is 5.89. The molecule has 2 atom stereocenters. The minimum absolute atomic E-state index is 0.468. The lowest BCUT2D eigenvalue weighted by Gasteiger charge is -2.32. The van der Waals surface area contributed by atoms with Gasteiger partial charge in [0.2, 0.25) is 0 Å². The van der Waals surface area contributed by atoms with E-state index < -0.39 is 0 Å². The van der Waals surface area contributed by atoms with Crippen LogP contribution >= 0.6 is 0 Å². The van der Waals surface area contributed by atoms with E-state index in [9.17, 15) is 0 Å². The van der Waals surface area contributed by atoms with E-state index in [0.717, 1.165) is 19.2 Å². The fourth-order valence-corrected chi connectivity index (χ4v) is 3.30. The predicted molar refractivity (Wildman–Crippen MR) is 75.0 cm³/mol. The Bertz CT molecular complexity index is 231. The first kappa shape index (κ1) is 14.3. The molecule has 2 rings (SSSR count). The van der Waals surface area contributed by atoms with Crippen molar-refractivity contribution in [1.29, 1.82) is 0 Å². The van der Waals surface area contributed by atoms with Crippen molar-refractivity contribution in [2.24, 2.45) is 0 Å². The number of nitrogens with one attached hydrogen (secondary N) is 1. The fourth-order valence-electron chi connectivity index (χ4n) is 3.30. The summed E-state index contributed by atoms with van der Waals surface area (Å²) in [4.78, 5) is 5.31. The van der Waals surface area contributed by atoms with E-state index in [1.165, 1.54) is 51.9 Å². The van der Waals surface area contributed by atoms with Crippen LogP contribution in [0.4, 0.5) is 0 Å². The zero-order chi connectivity index (χ0) is 12.8. The molecule has 0 aromatic carbocycles. The van der Waals surface area contributed by atoms with Crippen LogP contribution in [-0.2, 0) is 4.74 Å². The highest BCUT2D eigenvalue weighted by Crippen LogP contribution is 2.20. The number of hydrogen-bond donors (Lipinski definition) is 1. The van der Waals surface area contributed by atoms with Crippen LogP contribution in [0.1, 0.15) is 25.7 Å². The quantitative estimate of drug-likeness (QED) is 0.759. The number of hydrogen-bond acceptors (Lipinski definition) is 4. The molecule has 0 aromatic rings. The van der Waals surface area contributed by atoms with E-state index in [0.29, 0.717) is 6.04 Å². The summed E-state index contributed by atoms with van der Waals surface area (Å²) in [6.07, 6.45) is 5.59. The van der Waals surface area contributed by atoms with Gasteiger partial charge in [0, 0.05) is 32.3 Å². The molecule has 2 aliphatic heterocycles. The molecule has 18 heavy (non-hydrogen) atoms. The van der Waals surface area contributed by atoms with E-state index in [1.54, 1.807) is 7.11 Å². The normalized spacial score (nSPS) is 28.7. The van der Waals surface area contributed by atoms with E-state index in [4.69, 9.17) is 4.74 Å². The van der Waals surface area contributed by atoms with Gasteiger partial charge >= 0.3 is 0 Å². The first-order chi connectivity index (χ1) is 8.83. The molecule has 2 aliphatic rings. The molecule has 1 N–H and O–H groups in total. The van der Waals surface area contributed by atoms with Gasteiger partial charge in [-0.2, -0.15) is 0 Å². The number of likely N-dealkylation sites (N-methyl/N-ethyl adjacent to an activating group) is 1. The van der Waals surface area contributed by atoms with Crippen LogP contribution < -0.4 is 5.32 Å². The molecule has 2 saturated heterocycles. The molecule has 2 heterocycles. The highest BCUT2D eigenvalue weighted by Gasteiger charge is 2.29. The monoisotopic (exact) mass is 255 g/mol. The number of ether oxygens (including phenoxy) is 1. The SMILES string of the molecule is CNC(COC)CN1CCC(N2CCCCC2)C1. The molecule has 0 saturated carbocycles. The summed E-state index contributed by atoms with van der Waals surface area (Å²) < 4.78 is 5.25. The smallest absolute Gasteiger partial charge is 0.0628 e.